The van der Waals surface area contributed by atoms with Gasteiger partial charge >= 0.3 is 5.97 Å². The van der Waals surface area contributed by atoms with Gasteiger partial charge in [-0.15, -0.1) is 0 Å². The van der Waals surface area contributed by atoms with E-state index < -0.39 is 11.5 Å². The first-order chi connectivity index (χ1) is 10.2. The second-order valence-electron chi connectivity index (χ2n) is 7.02. The smallest absolute Gasteiger partial charge is 0.325 e. The molecular formula is C16H29N3O2. The van der Waals surface area contributed by atoms with Crippen molar-refractivity contribution in [2.24, 2.45) is 5.92 Å². The predicted octanol–water partition coefficient (Wildman–Crippen LogP) is 0.999. The molecule has 1 aliphatic heterocycles. The van der Waals surface area contributed by atoms with Gasteiger partial charge in [0.05, 0.1) is 0 Å². The molecule has 1 unspecified atom stereocenters. The molecule has 0 spiro atoms. The number of rotatable bonds is 8. The van der Waals surface area contributed by atoms with Crippen molar-refractivity contribution in [3.05, 3.63) is 0 Å². The lowest BCUT2D eigenvalue weighted by atomic mass is 9.91. The van der Waals surface area contributed by atoms with Gasteiger partial charge in [0, 0.05) is 38.8 Å². The summed E-state index contributed by atoms with van der Waals surface area (Å²) in [6, 6.07) is 0.832. The fourth-order valence-electron chi connectivity index (χ4n) is 3.65. The van der Waals surface area contributed by atoms with E-state index in [1.165, 1.54) is 12.8 Å². The molecule has 1 atom stereocenters. The summed E-state index contributed by atoms with van der Waals surface area (Å²) in [5.41, 5.74) is -0.711. The fourth-order valence-corrected chi connectivity index (χ4v) is 3.65. The second-order valence-corrected chi connectivity index (χ2v) is 7.02. The van der Waals surface area contributed by atoms with Crippen LogP contribution in [0.1, 0.15) is 39.0 Å². The maximum Gasteiger partial charge on any atom is 0.325 e. The van der Waals surface area contributed by atoms with E-state index in [2.05, 4.69) is 22.0 Å². The third-order valence-electron chi connectivity index (χ3n) is 5.29. The van der Waals surface area contributed by atoms with Crippen molar-refractivity contribution < 1.29 is 9.90 Å². The molecule has 2 saturated carbocycles. The van der Waals surface area contributed by atoms with E-state index in [0.717, 1.165) is 58.0 Å². The first-order valence-corrected chi connectivity index (χ1v) is 8.60. The van der Waals surface area contributed by atoms with E-state index in [-0.39, 0.29) is 0 Å². The highest BCUT2D eigenvalue weighted by Gasteiger charge is 2.51. The molecule has 0 aromatic heterocycles. The molecule has 0 radical (unpaired) electrons. The Morgan fingerprint density at radius 1 is 1.19 bits per heavy atom. The molecule has 3 aliphatic rings. The van der Waals surface area contributed by atoms with Crippen LogP contribution in [0.2, 0.25) is 0 Å². The molecule has 0 aromatic rings. The maximum atomic E-state index is 12.0. The summed E-state index contributed by atoms with van der Waals surface area (Å²) in [5, 5.41) is 13.2. The number of carbonyl (C=O) groups is 1. The van der Waals surface area contributed by atoms with Crippen LogP contribution in [0.4, 0.5) is 0 Å². The molecule has 120 valence electrons. The average Bonchev–Trinajstić information content (AvgIpc) is 3.36. The van der Waals surface area contributed by atoms with Gasteiger partial charge in [-0.3, -0.25) is 14.6 Å². The number of aliphatic carboxylic acids is 1. The molecule has 3 rings (SSSR count). The Hall–Kier alpha value is -0.650. The molecule has 3 fully saturated rings. The molecule has 5 nitrogen and oxygen atoms in total. The zero-order valence-electron chi connectivity index (χ0n) is 13.2. The van der Waals surface area contributed by atoms with Crippen molar-refractivity contribution in [2.45, 2.75) is 50.6 Å². The monoisotopic (exact) mass is 295 g/mol. The molecule has 2 N–H and O–H groups in total. The summed E-state index contributed by atoms with van der Waals surface area (Å²) < 4.78 is 0. The lowest BCUT2D eigenvalue weighted by Crippen LogP contribution is -2.63. The number of hydrogen-bond donors (Lipinski definition) is 2. The number of carboxylic acids is 1. The number of nitrogens with zero attached hydrogens (tertiary/aromatic N) is 2. The molecule has 0 bridgehead atoms. The van der Waals surface area contributed by atoms with Gasteiger partial charge in [-0.05, 0) is 44.6 Å². The minimum atomic E-state index is -0.711. The molecule has 0 amide bonds. The molecule has 0 aromatic carbocycles. The first-order valence-electron chi connectivity index (χ1n) is 8.60. The van der Waals surface area contributed by atoms with Crippen LogP contribution < -0.4 is 5.32 Å². The van der Waals surface area contributed by atoms with Gasteiger partial charge in [0.25, 0.3) is 0 Å². The standard InChI is InChI=1S/C16H29N3O2/c1-2-7-17-16(15(20)21,13-3-4-13)12-18-8-10-19(11-9-18)14-5-6-14/h13-14,17H,2-12H2,1H3,(H,20,21). The van der Waals surface area contributed by atoms with E-state index in [1.54, 1.807) is 0 Å². The minimum absolute atomic E-state index is 0.322. The van der Waals surface area contributed by atoms with Gasteiger partial charge < -0.3 is 10.4 Å². The third kappa shape index (κ3) is 3.41. The summed E-state index contributed by atoms with van der Waals surface area (Å²) in [6.07, 6.45) is 5.83. The molecule has 5 heteroatoms. The second kappa shape index (κ2) is 6.23. The fraction of sp³-hybridized carbons (Fsp3) is 0.938. The van der Waals surface area contributed by atoms with Gasteiger partial charge in [-0.25, -0.2) is 0 Å². The molecule has 1 heterocycles. The van der Waals surface area contributed by atoms with E-state index in [0.29, 0.717) is 12.5 Å². The lowest BCUT2D eigenvalue weighted by molar-refractivity contribution is -0.147. The van der Waals surface area contributed by atoms with Crippen molar-refractivity contribution in [1.82, 2.24) is 15.1 Å². The van der Waals surface area contributed by atoms with E-state index in [1.807, 2.05) is 0 Å². The SMILES string of the molecule is CCCNC(CN1CCN(C2CC2)CC1)(C(=O)O)C1CC1. The summed E-state index contributed by atoms with van der Waals surface area (Å²) in [7, 11) is 0. The van der Waals surface area contributed by atoms with Gasteiger partial charge in [0.15, 0.2) is 0 Å². The predicted molar refractivity (Wildman–Crippen MR) is 82.4 cm³/mol. The summed E-state index contributed by atoms with van der Waals surface area (Å²) in [5.74, 6) is -0.328. The number of hydrogen-bond acceptors (Lipinski definition) is 4. The van der Waals surface area contributed by atoms with E-state index in [4.69, 9.17) is 0 Å². The van der Waals surface area contributed by atoms with E-state index >= 15 is 0 Å². The van der Waals surface area contributed by atoms with Crippen molar-refractivity contribution >= 4 is 5.97 Å². The van der Waals surface area contributed by atoms with Crippen LogP contribution in [0, 0.1) is 5.92 Å². The summed E-state index contributed by atoms with van der Waals surface area (Å²) in [6.45, 7) is 7.83. The van der Waals surface area contributed by atoms with Gasteiger partial charge in [0.1, 0.15) is 5.54 Å². The van der Waals surface area contributed by atoms with Crippen molar-refractivity contribution in [1.29, 1.82) is 0 Å². The topological polar surface area (TPSA) is 55.8 Å². The normalized spacial score (nSPS) is 27.5. The van der Waals surface area contributed by atoms with Gasteiger partial charge in [-0.2, -0.15) is 0 Å². The van der Waals surface area contributed by atoms with Crippen LogP contribution in [0.25, 0.3) is 0 Å². The number of piperazine rings is 1. The molecule has 2 aliphatic carbocycles. The Morgan fingerprint density at radius 2 is 1.86 bits per heavy atom. The van der Waals surface area contributed by atoms with Crippen LogP contribution in [-0.2, 0) is 4.79 Å². The Morgan fingerprint density at radius 3 is 2.33 bits per heavy atom. The zero-order valence-corrected chi connectivity index (χ0v) is 13.2. The summed E-state index contributed by atoms with van der Waals surface area (Å²) >= 11 is 0. The maximum absolute atomic E-state index is 12.0. The van der Waals surface area contributed by atoms with Crippen molar-refractivity contribution in [3.8, 4) is 0 Å². The summed E-state index contributed by atoms with van der Waals surface area (Å²) in [4.78, 5) is 16.9. The van der Waals surface area contributed by atoms with Gasteiger partial charge in [0.2, 0.25) is 0 Å². The Labute approximate surface area is 127 Å². The number of carboxylic acid groups (broad SMARTS) is 1. The highest BCUT2D eigenvalue weighted by molar-refractivity contribution is 5.80. The van der Waals surface area contributed by atoms with Crippen LogP contribution in [0.3, 0.4) is 0 Å². The Balaban J connectivity index is 1.59. The highest BCUT2D eigenvalue weighted by Crippen LogP contribution is 2.40. The van der Waals surface area contributed by atoms with Crippen LogP contribution in [-0.4, -0.2) is 71.7 Å². The molecule has 21 heavy (non-hydrogen) atoms. The third-order valence-corrected chi connectivity index (χ3v) is 5.29. The molecular weight excluding hydrogens is 266 g/mol. The van der Waals surface area contributed by atoms with Crippen LogP contribution in [0.5, 0.6) is 0 Å². The van der Waals surface area contributed by atoms with Gasteiger partial charge in [-0.1, -0.05) is 6.92 Å². The van der Waals surface area contributed by atoms with Crippen molar-refractivity contribution in [3.63, 3.8) is 0 Å². The quantitative estimate of drug-likeness (QED) is 0.700. The first kappa shape index (κ1) is 15.3. The van der Waals surface area contributed by atoms with Crippen molar-refractivity contribution in [2.75, 3.05) is 39.3 Å². The largest absolute Gasteiger partial charge is 0.480 e. The highest BCUT2D eigenvalue weighted by atomic mass is 16.4. The van der Waals surface area contributed by atoms with Crippen LogP contribution >= 0.6 is 0 Å². The average molecular weight is 295 g/mol. The molecule has 1 saturated heterocycles. The van der Waals surface area contributed by atoms with Crippen LogP contribution in [0.15, 0.2) is 0 Å². The van der Waals surface area contributed by atoms with E-state index in [9.17, 15) is 9.90 Å². The minimum Gasteiger partial charge on any atom is -0.480 e. The lowest BCUT2D eigenvalue weighted by Gasteiger charge is -2.40. The Kier molecular flexibility index (Phi) is 4.52. The number of nitrogens with one attached hydrogen (secondary N) is 1. The Bertz CT molecular complexity index is 374. The zero-order chi connectivity index (χ0) is 14.9.